The molecule has 0 aliphatic carbocycles. The normalized spacial score (nSPS) is 12.2. The topological polar surface area (TPSA) is 61.6 Å². The molecule has 88 valence electrons. The number of halogens is 1. The summed E-state index contributed by atoms with van der Waals surface area (Å²) in [5.41, 5.74) is 6.23. The summed E-state index contributed by atoms with van der Waals surface area (Å²) in [5, 5.41) is 0.434. The fourth-order valence-corrected chi connectivity index (χ4v) is 1.69. The summed E-state index contributed by atoms with van der Waals surface area (Å²) < 4.78 is 10.2. The molecule has 1 aromatic rings. The van der Waals surface area contributed by atoms with Crippen molar-refractivity contribution in [3.05, 3.63) is 28.3 Å². The molecule has 0 heterocycles. The zero-order valence-corrected chi connectivity index (χ0v) is 10.2. The number of hydrogen-bond donors (Lipinski definition) is 1. The number of carbonyl (C=O) groups excluding carboxylic acids is 1. The van der Waals surface area contributed by atoms with Crippen molar-refractivity contribution in [3.8, 4) is 5.75 Å². The van der Waals surface area contributed by atoms with Gasteiger partial charge in [-0.1, -0.05) is 11.6 Å². The van der Waals surface area contributed by atoms with Crippen molar-refractivity contribution in [1.29, 1.82) is 0 Å². The number of amides is 1. The van der Waals surface area contributed by atoms with Crippen molar-refractivity contribution in [2.24, 2.45) is 5.73 Å². The molecule has 0 spiro atoms. The maximum atomic E-state index is 11.1. The Morgan fingerprint density at radius 3 is 2.50 bits per heavy atom. The van der Waals surface area contributed by atoms with E-state index in [-0.39, 0.29) is 11.7 Å². The molecule has 0 aliphatic rings. The molecular formula is C11H14ClNO3. The number of hydrogen-bond acceptors (Lipinski definition) is 3. The molecule has 0 fully saturated rings. The second-order valence-corrected chi connectivity index (χ2v) is 3.72. The second-order valence-electron chi connectivity index (χ2n) is 3.32. The minimum Gasteiger partial charge on any atom is -0.496 e. The van der Waals surface area contributed by atoms with E-state index in [4.69, 9.17) is 26.8 Å². The molecule has 1 aromatic carbocycles. The van der Waals surface area contributed by atoms with Crippen LogP contribution in [0.3, 0.4) is 0 Å². The van der Waals surface area contributed by atoms with Crippen LogP contribution in [-0.4, -0.2) is 20.1 Å². The minimum absolute atomic E-state index is 0.177. The van der Waals surface area contributed by atoms with E-state index in [1.165, 1.54) is 13.2 Å². The lowest BCUT2D eigenvalue weighted by Crippen LogP contribution is -2.13. The monoisotopic (exact) mass is 243 g/mol. The highest BCUT2D eigenvalue weighted by Gasteiger charge is 2.16. The summed E-state index contributed by atoms with van der Waals surface area (Å²) in [6.07, 6.45) is -0.177. The van der Waals surface area contributed by atoms with Crippen LogP contribution in [0.5, 0.6) is 5.75 Å². The highest BCUT2D eigenvalue weighted by Crippen LogP contribution is 2.31. The van der Waals surface area contributed by atoms with E-state index < -0.39 is 5.91 Å². The van der Waals surface area contributed by atoms with E-state index in [0.717, 1.165) is 5.56 Å². The maximum absolute atomic E-state index is 11.1. The van der Waals surface area contributed by atoms with Gasteiger partial charge in [0.25, 0.3) is 5.91 Å². The number of benzene rings is 1. The minimum atomic E-state index is -0.574. The summed E-state index contributed by atoms with van der Waals surface area (Å²) in [7, 11) is 3.05. The lowest BCUT2D eigenvalue weighted by atomic mass is 10.1. The third-order valence-corrected chi connectivity index (χ3v) is 2.70. The molecule has 4 nitrogen and oxygen atoms in total. The predicted octanol–water partition coefficient (Wildman–Crippen LogP) is 2.15. The molecule has 0 saturated heterocycles. The van der Waals surface area contributed by atoms with E-state index in [2.05, 4.69) is 0 Å². The van der Waals surface area contributed by atoms with E-state index in [1.54, 1.807) is 13.2 Å². The molecule has 0 saturated carbocycles. The quantitative estimate of drug-likeness (QED) is 0.882. The Bertz CT molecular complexity index is 406. The predicted molar refractivity (Wildman–Crippen MR) is 61.9 cm³/mol. The molecule has 16 heavy (non-hydrogen) atoms. The number of carbonyl (C=O) groups is 1. The first-order valence-corrected chi connectivity index (χ1v) is 5.09. The van der Waals surface area contributed by atoms with Gasteiger partial charge >= 0.3 is 0 Å². The van der Waals surface area contributed by atoms with Crippen molar-refractivity contribution in [1.82, 2.24) is 0 Å². The highest BCUT2D eigenvalue weighted by atomic mass is 35.5. The zero-order chi connectivity index (χ0) is 12.3. The highest BCUT2D eigenvalue weighted by molar-refractivity contribution is 6.32. The van der Waals surface area contributed by atoms with Crippen molar-refractivity contribution < 1.29 is 14.3 Å². The van der Waals surface area contributed by atoms with Gasteiger partial charge < -0.3 is 15.2 Å². The number of methoxy groups -OCH3 is 2. The third kappa shape index (κ3) is 2.46. The van der Waals surface area contributed by atoms with Crippen LogP contribution < -0.4 is 10.5 Å². The molecule has 0 bridgehead atoms. The van der Waals surface area contributed by atoms with Gasteiger partial charge in [-0.3, -0.25) is 4.79 Å². The van der Waals surface area contributed by atoms with Crippen LogP contribution in [0.4, 0.5) is 0 Å². The lowest BCUT2D eigenvalue weighted by molar-refractivity contribution is 0.0996. The van der Waals surface area contributed by atoms with Gasteiger partial charge in [-0.25, -0.2) is 0 Å². The third-order valence-electron chi connectivity index (χ3n) is 2.38. The first-order valence-electron chi connectivity index (χ1n) is 4.71. The molecule has 0 aromatic heterocycles. The van der Waals surface area contributed by atoms with E-state index >= 15 is 0 Å². The van der Waals surface area contributed by atoms with Crippen LogP contribution in [0.15, 0.2) is 12.1 Å². The number of primary amides is 1. The van der Waals surface area contributed by atoms with Crippen LogP contribution in [0.2, 0.25) is 5.02 Å². The van der Waals surface area contributed by atoms with E-state index in [0.29, 0.717) is 10.8 Å². The molecule has 1 atom stereocenters. The second kappa shape index (κ2) is 5.18. The SMILES string of the molecule is COc1cc(C(C)OC)c(Cl)cc1C(N)=O. The van der Waals surface area contributed by atoms with Crippen LogP contribution in [0, 0.1) is 0 Å². The van der Waals surface area contributed by atoms with Crippen molar-refractivity contribution in [2.75, 3.05) is 14.2 Å². The van der Waals surface area contributed by atoms with Crippen molar-refractivity contribution >= 4 is 17.5 Å². The Labute approximate surface area is 99.3 Å². The summed E-state index contributed by atoms with van der Waals surface area (Å²) in [5.74, 6) is -0.175. The summed E-state index contributed by atoms with van der Waals surface area (Å²) in [6, 6.07) is 3.16. The van der Waals surface area contributed by atoms with Gasteiger partial charge in [-0.05, 0) is 19.1 Å². The Morgan fingerprint density at radius 1 is 1.44 bits per heavy atom. The van der Waals surface area contributed by atoms with E-state index in [1.807, 2.05) is 6.92 Å². The number of rotatable bonds is 4. The largest absolute Gasteiger partial charge is 0.496 e. The van der Waals surface area contributed by atoms with Crippen molar-refractivity contribution in [3.63, 3.8) is 0 Å². The average molecular weight is 244 g/mol. The zero-order valence-electron chi connectivity index (χ0n) is 9.41. The first kappa shape index (κ1) is 12.8. The Hall–Kier alpha value is -1.26. The number of ether oxygens (including phenoxy) is 2. The molecular weight excluding hydrogens is 230 g/mol. The van der Waals surface area contributed by atoms with Gasteiger partial charge in [-0.15, -0.1) is 0 Å². The summed E-state index contributed by atoms with van der Waals surface area (Å²) >= 11 is 6.03. The van der Waals surface area contributed by atoms with Crippen molar-refractivity contribution in [2.45, 2.75) is 13.0 Å². The van der Waals surface area contributed by atoms with Crippen LogP contribution in [0.1, 0.15) is 28.9 Å². The Morgan fingerprint density at radius 2 is 2.06 bits per heavy atom. The first-order chi connectivity index (χ1) is 7.51. The molecule has 1 unspecified atom stereocenters. The Balaban J connectivity index is 3.31. The lowest BCUT2D eigenvalue weighted by Gasteiger charge is -2.15. The maximum Gasteiger partial charge on any atom is 0.252 e. The average Bonchev–Trinajstić information content (AvgIpc) is 2.27. The molecule has 1 amide bonds. The molecule has 0 aliphatic heterocycles. The van der Waals surface area contributed by atoms with Gasteiger partial charge in [0.1, 0.15) is 5.75 Å². The molecule has 2 N–H and O–H groups in total. The van der Waals surface area contributed by atoms with Gasteiger partial charge in [-0.2, -0.15) is 0 Å². The summed E-state index contributed by atoms with van der Waals surface area (Å²) in [6.45, 7) is 1.85. The fraction of sp³-hybridized carbons (Fsp3) is 0.364. The van der Waals surface area contributed by atoms with Gasteiger partial charge in [0.05, 0.1) is 18.8 Å². The standard InChI is InChI=1S/C11H14ClNO3/c1-6(15-2)7-5-10(16-3)8(11(13)14)4-9(7)12/h4-6H,1-3H3,(H2,13,14). The number of nitrogens with two attached hydrogens (primary N) is 1. The smallest absolute Gasteiger partial charge is 0.252 e. The van der Waals surface area contributed by atoms with Gasteiger partial charge in [0.15, 0.2) is 0 Å². The molecule has 0 radical (unpaired) electrons. The van der Waals surface area contributed by atoms with Crippen LogP contribution in [0.25, 0.3) is 0 Å². The Kier molecular flexibility index (Phi) is 4.15. The molecule has 1 rings (SSSR count). The van der Waals surface area contributed by atoms with E-state index in [9.17, 15) is 4.79 Å². The van der Waals surface area contributed by atoms with Gasteiger partial charge in [0.2, 0.25) is 0 Å². The fourth-order valence-electron chi connectivity index (χ4n) is 1.37. The van der Waals surface area contributed by atoms with Crippen LogP contribution >= 0.6 is 11.6 Å². The molecule has 5 heteroatoms. The van der Waals surface area contributed by atoms with Gasteiger partial charge in [0, 0.05) is 17.7 Å². The van der Waals surface area contributed by atoms with Crippen LogP contribution in [-0.2, 0) is 4.74 Å². The summed E-state index contributed by atoms with van der Waals surface area (Å²) in [4.78, 5) is 11.1.